The van der Waals surface area contributed by atoms with Crippen molar-refractivity contribution in [2.24, 2.45) is 5.10 Å². The standard InChI is InChI=1S/C7H11Cl2N5O/c1-12(2)5-4-6(11-14(9)10-5)13(3)7(8)15/h4,11H,1-3H3. The average Bonchev–Trinajstić information content (AvgIpc) is 2.15. The molecule has 1 heterocycles. The predicted molar refractivity (Wildman–Crippen MR) is 59.0 cm³/mol. The molecule has 1 amide bonds. The fourth-order valence-corrected chi connectivity index (χ4v) is 1.13. The SMILES string of the molecule is CN(C)C1=NN(Cl)NC(N(C)C(=O)Cl)=C1. The van der Waals surface area contributed by atoms with E-state index in [-0.39, 0.29) is 0 Å². The minimum atomic E-state index is -0.612. The number of rotatable bonds is 1. The molecule has 0 aromatic heterocycles. The van der Waals surface area contributed by atoms with Gasteiger partial charge in [-0.3, -0.25) is 15.1 Å². The van der Waals surface area contributed by atoms with Gasteiger partial charge in [-0.2, -0.15) is 0 Å². The Hall–Kier alpha value is -1.14. The lowest BCUT2D eigenvalue weighted by Gasteiger charge is -2.27. The van der Waals surface area contributed by atoms with Crippen LogP contribution in [0.25, 0.3) is 0 Å². The van der Waals surface area contributed by atoms with E-state index in [1.807, 2.05) is 14.1 Å². The molecule has 1 aliphatic rings. The number of hydrazone groups is 1. The van der Waals surface area contributed by atoms with Crippen LogP contribution in [0.1, 0.15) is 0 Å². The molecule has 0 aliphatic carbocycles. The van der Waals surface area contributed by atoms with Crippen LogP contribution in [0, 0.1) is 0 Å². The molecule has 15 heavy (non-hydrogen) atoms. The maximum absolute atomic E-state index is 10.9. The third kappa shape index (κ3) is 2.90. The maximum atomic E-state index is 10.9. The van der Waals surface area contributed by atoms with Gasteiger partial charge in [-0.25, -0.2) is 0 Å². The topological polar surface area (TPSA) is 51.2 Å². The molecule has 0 saturated carbocycles. The second-order valence-electron chi connectivity index (χ2n) is 3.07. The zero-order chi connectivity index (χ0) is 11.6. The van der Waals surface area contributed by atoms with Gasteiger partial charge in [-0.1, -0.05) is 0 Å². The number of hydrogen-bond donors (Lipinski definition) is 1. The van der Waals surface area contributed by atoms with Gasteiger partial charge in [0.05, 0.1) is 11.8 Å². The van der Waals surface area contributed by atoms with Crippen LogP contribution in [-0.4, -0.2) is 46.8 Å². The highest BCUT2D eigenvalue weighted by Gasteiger charge is 2.18. The number of amides is 1. The Bertz CT molecular complexity index is 327. The lowest BCUT2D eigenvalue weighted by Crippen LogP contribution is -2.41. The van der Waals surface area contributed by atoms with E-state index in [4.69, 9.17) is 23.4 Å². The van der Waals surface area contributed by atoms with Crippen LogP contribution in [0.2, 0.25) is 0 Å². The molecule has 1 aliphatic heterocycles. The number of hydrazine groups is 1. The summed E-state index contributed by atoms with van der Waals surface area (Å²) in [5.41, 5.74) is 2.65. The highest BCUT2D eigenvalue weighted by Crippen LogP contribution is 2.10. The van der Waals surface area contributed by atoms with Gasteiger partial charge in [0, 0.05) is 27.2 Å². The van der Waals surface area contributed by atoms with Crippen molar-refractivity contribution in [2.45, 2.75) is 0 Å². The summed E-state index contributed by atoms with van der Waals surface area (Å²) in [5.74, 6) is 1.05. The first-order chi connectivity index (χ1) is 6.91. The first kappa shape index (κ1) is 11.9. The van der Waals surface area contributed by atoms with Gasteiger partial charge in [0.15, 0.2) is 5.84 Å². The van der Waals surface area contributed by atoms with E-state index in [1.165, 1.54) is 11.9 Å². The fourth-order valence-electron chi connectivity index (χ4n) is 0.878. The molecule has 0 aromatic carbocycles. The van der Waals surface area contributed by atoms with Gasteiger partial charge in [-0.05, 0) is 11.6 Å². The van der Waals surface area contributed by atoms with Crippen LogP contribution in [0.4, 0.5) is 4.79 Å². The van der Waals surface area contributed by atoms with Gasteiger partial charge in [0.2, 0.25) is 0 Å². The summed E-state index contributed by atoms with van der Waals surface area (Å²) in [6, 6.07) is 0. The Balaban J connectivity index is 2.92. The molecule has 0 spiro atoms. The third-order valence-corrected chi connectivity index (χ3v) is 2.16. The predicted octanol–water partition coefficient (Wildman–Crippen LogP) is 0.968. The third-order valence-electron chi connectivity index (χ3n) is 1.75. The van der Waals surface area contributed by atoms with Gasteiger partial charge in [0.1, 0.15) is 5.82 Å². The molecule has 1 N–H and O–H groups in total. The lowest BCUT2D eigenvalue weighted by atomic mass is 10.4. The minimum Gasteiger partial charge on any atom is -0.361 e. The molecule has 1 rings (SSSR count). The van der Waals surface area contributed by atoms with Crippen molar-refractivity contribution in [2.75, 3.05) is 21.1 Å². The number of nitrogens with zero attached hydrogens (tertiary/aromatic N) is 4. The van der Waals surface area contributed by atoms with E-state index in [1.54, 1.807) is 11.0 Å². The summed E-state index contributed by atoms with van der Waals surface area (Å²) in [6.45, 7) is 0. The average molecular weight is 252 g/mol. The Morgan fingerprint density at radius 2 is 2.13 bits per heavy atom. The Morgan fingerprint density at radius 3 is 2.60 bits per heavy atom. The van der Waals surface area contributed by atoms with E-state index in [9.17, 15) is 4.79 Å². The molecular formula is C7H11Cl2N5O. The Labute approximate surface area is 97.8 Å². The normalized spacial score (nSPS) is 15.1. The molecule has 0 bridgehead atoms. The van der Waals surface area contributed by atoms with Gasteiger partial charge < -0.3 is 4.90 Å². The summed E-state index contributed by atoms with van der Waals surface area (Å²) in [7, 11) is 5.15. The quantitative estimate of drug-likeness (QED) is 0.429. The van der Waals surface area contributed by atoms with E-state index < -0.39 is 5.37 Å². The summed E-state index contributed by atoms with van der Waals surface area (Å²) in [6.07, 6.45) is 1.65. The molecule has 6 nitrogen and oxygen atoms in total. The van der Waals surface area contributed by atoms with E-state index in [0.717, 1.165) is 4.64 Å². The maximum Gasteiger partial charge on any atom is 0.321 e. The molecule has 0 radical (unpaired) electrons. The van der Waals surface area contributed by atoms with Crippen LogP contribution < -0.4 is 5.43 Å². The number of hydrogen-bond acceptors (Lipinski definition) is 5. The molecule has 0 saturated heterocycles. The largest absolute Gasteiger partial charge is 0.361 e. The van der Waals surface area contributed by atoms with Crippen LogP contribution >= 0.6 is 23.4 Å². The van der Waals surface area contributed by atoms with Crippen molar-refractivity contribution >= 4 is 34.6 Å². The van der Waals surface area contributed by atoms with Crippen molar-refractivity contribution in [3.63, 3.8) is 0 Å². The zero-order valence-electron chi connectivity index (χ0n) is 8.53. The smallest absolute Gasteiger partial charge is 0.321 e. The number of amidine groups is 1. The van der Waals surface area contributed by atoms with Crippen LogP contribution in [0.3, 0.4) is 0 Å². The molecule has 84 valence electrons. The fraction of sp³-hybridized carbons (Fsp3) is 0.429. The van der Waals surface area contributed by atoms with Gasteiger partial charge in [0.25, 0.3) is 0 Å². The summed E-state index contributed by atoms with van der Waals surface area (Å²) < 4.78 is 0.987. The summed E-state index contributed by atoms with van der Waals surface area (Å²) >= 11 is 11.0. The molecular weight excluding hydrogens is 241 g/mol. The zero-order valence-corrected chi connectivity index (χ0v) is 10.0. The number of carbonyl (C=O) groups excluding carboxylic acids is 1. The first-order valence-electron chi connectivity index (χ1n) is 4.05. The lowest BCUT2D eigenvalue weighted by molar-refractivity contribution is 0.231. The Morgan fingerprint density at radius 1 is 1.53 bits per heavy atom. The minimum absolute atomic E-state index is 0.448. The second kappa shape index (κ2) is 4.59. The monoisotopic (exact) mass is 251 g/mol. The number of halogens is 2. The van der Waals surface area contributed by atoms with Crippen molar-refractivity contribution < 1.29 is 4.79 Å². The van der Waals surface area contributed by atoms with Crippen LogP contribution in [-0.2, 0) is 0 Å². The van der Waals surface area contributed by atoms with E-state index in [0.29, 0.717) is 11.7 Å². The Kier molecular flexibility index (Phi) is 3.65. The van der Waals surface area contributed by atoms with Gasteiger partial charge >= 0.3 is 5.37 Å². The second-order valence-corrected chi connectivity index (χ2v) is 3.71. The van der Waals surface area contributed by atoms with Crippen LogP contribution in [0.5, 0.6) is 0 Å². The van der Waals surface area contributed by atoms with Crippen molar-refractivity contribution in [3.8, 4) is 0 Å². The molecule has 8 heteroatoms. The van der Waals surface area contributed by atoms with Crippen molar-refractivity contribution in [3.05, 3.63) is 11.9 Å². The van der Waals surface area contributed by atoms with Crippen LogP contribution in [0.15, 0.2) is 17.0 Å². The summed E-state index contributed by atoms with van der Waals surface area (Å²) in [4.78, 5) is 13.9. The van der Waals surface area contributed by atoms with Gasteiger partial charge in [-0.15, -0.1) is 9.74 Å². The number of carbonyl (C=O) groups is 1. The molecule has 0 atom stereocenters. The first-order valence-corrected chi connectivity index (χ1v) is 4.77. The van der Waals surface area contributed by atoms with Crippen molar-refractivity contribution in [1.29, 1.82) is 0 Å². The molecule has 0 unspecified atom stereocenters. The molecule has 0 fully saturated rings. The number of nitrogens with one attached hydrogen (secondary N) is 1. The summed E-state index contributed by atoms with van der Waals surface area (Å²) in [5, 5.41) is 3.33. The number of likely N-dealkylation sites (N-methyl/N-ethyl adjacent to an activating group) is 1. The van der Waals surface area contributed by atoms with E-state index in [2.05, 4.69) is 10.5 Å². The highest BCUT2D eigenvalue weighted by molar-refractivity contribution is 6.63. The van der Waals surface area contributed by atoms with E-state index >= 15 is 0 Å². The highest BCUT2D eigenvalue weighted by atomic mass is 35.5. The molecule has 0 aromatic rings. The van der Waals surface area contributed by atoms with Crippen molar-refractivity contribution in [1.82, 2.24) is 19.9 Å².